The molecule has 1 aliphatic heterocycles. The number of Topliss-reactive ketones (excluding diaryl/α,β-unsaturated/α-hetero) is 1. The van der Waals surface area contributed by atoms with Gasteiger partial charge in [-0.15, -0.1) is 0 Å². The van der Waals surface area contributed by atoms with Crippen molar-refractivity contribution in [3.8, 4) is 0 Å². The van der Waals surface area contributed by atoms with E-state index in [-0.39, 0.29) is 36.5 Å². The Morgan fingerprint density at radius 1 is 1.17 bits per heavy atom. The summed E-state index contributed by atoms with van der Waals surface area (Å²) in [6.45, 7) is 0.00590. The first-order chi connectivity index (χ1) is 14.0. The Bertz CT molecular complexity index is 941. The molecule has 30 heavy (non-hydrogen) atoms. The monoisotopic (exact) mass is 443 g/mol. The van der Waals surface area contributed by atoms with Crippen LogP contribution in [0.25, 0.3) is 0 Å². The van der Waals surface area contributed by atoms with E-state index in [1.165, 1.54) is 6.07 Å². The molecule has 9 heteroatoms. The lowest BCUT2D eigenvalue weighted by molar-refractivity contribution is -0.147. The van der Waals surface area contributed by atoms with Crippen molar-refractivity contribution in [1.82, 2.24) is 0 Å². The maximum atomic E-state index is 13.4. The highest BCUT2D eigenvalue weighted by Crippen LogP contribution is 2.34. The molecule has 1 N–H and O–H groups in total. The van der Waals surface area contributed by atoms with Gasteiger partial charge in [0.1, 0.15) is 5.82 Å². The van der Waals surface area contributed by atoms with E-state index in [0.29, 0.717) is 12.0 Å². The number of hydrogen-bond donors (Lipinski definition) is 1. The minimum absolute atomic E-state index is 0.00590. The van der Waals surface area contributed by atoms with Crippen LogP contribution < -0.4 is 4.90 Å². The molecule has 3 rings (SSSR count). The van der Waals surface area contributed by atoms with Crippen molar-refractivity contribution in [3.05, 3.63) is 64.4 Å². The number of rotatable bonds is 6. The van der Waals surface area contributed by atoms with E-state index < -0.39 is 34.8 Å². The molecule has 1 heterocycles. The summed E-state index contributed by atoms with van der Waals surface area (Å²) in [4.78, 5) is 26.3. The number of aryl methyl sites for hydroxylation is 1. The van der Waals surface area contributed by atoms with Crippen LogP contribution in [-0.2, 0) is 22.2 Å². The molecular formula is C21H18ClF4NO3. The zero-order chi connectivity index (χ0) is 22.1. The summed E-state index contributed by atoms with van der Waals surface area (Å²) in [6, 6.07) is 7.95. The Hall–Kier alpha value is -2.45. The first-order valence-corrected chi connectivity index (χ1v) is 9.58. The fraction of sp³-hybridized carbons (Fsp3) is 0.333. The SMILES string of the molecule is O=C(CCCc1cc(F)cc(Cl)c1)[C@]1(O)CCN(c2ccc(C(F)(F)F)cc2)C1=O. The fourth-order valence-electron chi connectivity index (χ4n) is 3.46. The highest BCUT2D eigenvalue weighted by atomic mass is 35.5. The normalized spacial score (nSPS) is 19.4. The van der Waals surface area contributed by atoms with E-state index in [1.54, 1.807) is 6.07 Å². The van der Waals surface area contributed by atoms with Gasteiger partial charge in [0.2, 0.25) is 5.60 Å². The maximum Gasteiger partial charge on any atom is 0.416 e. The average molecular weight is 444 g/mol. The van der Waals surface area contributed by atoms with Gasteiger partial charge < -0.3 is 10.0 Å². The van der Waals surface area contributed by atoms with Crippen LogP contribution in [0.4, 0.5) is 23.2 Å². The summed E-state index contributed by atoms with van der Waals surface area (Å²) in [6.07, 6.45) is -4.17. The number of halogens is 5. The number of anilines is 1. The van der Waals surface area contributed by atoms with E-state index >= 15 is 0 Å². The number of carbonyl (C=O) groups is 2. The third-order valence-corrected chi connectivity index (χ3v) is 5.27. The van der Waals surface area contributed by atoms with Crippen LogP contribution in [0.3, 0.4) is 0 Å². The van der Waals surface area contributed by atoms with Gasteiger partial charge in [0.05, 0.1) is 5.56 Å². The molecule has 2 aromatic rings. The van der Waals surface area contributed by atoms with Gasteiger partial charge in [-0.1, -0.05) is 11.6 Å². The minimum atomic E-state index is -4.50. The maximum absolute atomic E-state index is 13.4. The standard InChI is InChI=1S/C21H18ClF4NO3/c22-15-10-13(11-16(23)12-15)2-1-3-18(28)20(30)8-9-27(19(20)29)17-6-4-14(5-7-17)21(24,25)26/h4-7,10-12,30H,1-3,8-9H2/t20-/m1/s1. The molecule has 4 nitrogen and oxygen atoms in total. The Balaban J connectivity index is 1.63. The van der Waals surface area contributed by atoms with Gasteiger partial charge in [-0.25, -0.2) is 4.39 Å². The summed E-state index contributed by atoms with van der Waals surface area (Å²) >= 11 is 5.79. The minimum Gasteiger partial charge on any atom is -0.373 e. The number of ketones is 1. The topological polar surface area (TPSA) is 57.6 Å². The highest BCUT2D eigenvalue weighted by molar-refractivity contribution is 6.30. The van der Waals surface area contributed by atoms with Crippen LogP contribution in [0.5, 0.6) is 0 Å². The summed E-state index contributed by atoms with van der Waals surface area (Å²) in [5, 5.41) is 10.9. The molecule has 0 spiro atoms. The lowest BCUT2D eigenvalue weighted by atomic mass is 9.92. The van der Waals surface area contributed by atoms with Crippen molar-refractivity contribution in [2.24, 2.45) is 0 Å². The third kappa shape index (κ3) is 4.65. The van der Waals surface area contributed by atoms with Crippen LogP contribution in [-0.4, -0.2) is 28.9 Å². The highest BCUT2D eigenvalue weighted by Gasteiger charge is 2.50. The van der Waals surface area contributed by atoms with Crippen molar-refractivity contribution in [2.45, 2.75) is 37.5 Å². The zero-order valence-electron chi connectivity index (χ0n) is 15.7. The largest absolute Gasteiger partial charge is 0.416 e. The molecule has 0 aromatic heterocycles. The summed E-state index contributed by atoms with van der Waals surface area (Å²) in [5.41, 5.74) is -2.32. The van der Waals surface area contributed by atoms with E-state index in [0.717, 1.165) is 35.2 Å². The first kappa shape index (κ1) is 22.2. The first-order valence-electron chi connectivity index (χ1n) is 9.20. The smallest absolute Gasteiger partial charge is 0.373 e. The molecule has 0 radical (unpaired) electrons. The van der Waals surface area contributed by atoms with Crippen LogP contribution in [0.15, 0.2) is 42.5 Å². The molecule has 1 fully saturated rings. The Kier molecular flexibility index (Phi) is 6.19. The summed E-state index contributed by atoms with van der Waals surface area (Å²) < 4.78 is 51.4. The number of aliphatic hydroxyl groups is 1. The summed E-state index contributed by atoms with van der Waals surface area (Å²) in [7, 11) is 0. The second-order valence-electron chi connectivity index (χ2n) is 7.17. The average Bonchev–Trinajstić information content (AvgIpc) is 2.96. The van der Waals surface area contributed by atoms with Gasteiger partial charge in [0.25, 0.3) is 5.91 Å². The molecular weight excluding hydrogens is 426 g/mol. The third-order valence-electron chi connectivity index (χ3n) is 5.06. The zero-order valence-corrected chi connectivity index (χ0v) is 16.4. The molecule has 1 saturated heterocycles. The van der Waals surface area contributed by atoms with Crippen molar-refractivity contribution in [3.63, 3.8) is 0 Å². The van der Waals surface area contributed by atoms with E-state index in [1.807, 2.05) is 0 Å². The molecule has 1 aliphatic rings. The Morgan fingerprint density at radius 2 is 1.83 bits per heavy atom. The molecule has 160 valence electrons. The second kappa shape index (κ2) is 8.35. The lowest BCUT2D eigenvalue weighted by Gasteiger charge is -2.21. The van der Waals surface area contributed by atoms with Gasteiger partial charge in [-0.3, -0.25) is 9.59 Å². The van der Waals surface area contributed by atoms with Crippen molar-refractivity contribution in [2.75, 3.05) is 11.4 Å². The molecule has 0 bridgehead atoms. The number of alkyl halides is 3. The number of hydrogen-bond acceptors (Lipinski definition) is 3. The predicted molar refractivity (Wildman–Crippen MR) is 103 cm³/mol. The molecule has 0 unspecified atom stereocenters. The number of benzene rings is 2. The molecule has 0 aliphatic carbocycles. The number of amides is 1. The quantitative estimate of drug-likeness (QED) is 0.526. The summed E-state index contributed by atoms with van der Waals surface area (Å²) in [5.74, 6) is -2.04. The van der Waals surface area contributed by atoms with Crippen LogP contribution in [0.2, 0.25) is 5.02 Å². The molecule has 2 aromatic carbocycles. The lowest BCUT2D eigenvalue weighted by Crippen LogP contribution is -2.46. The Labute approximate surface area is 175 Å². The van der Waals surface area contributed by atoms with E-state index in [9.17, 15) is 32.3 Å². The van der Waals surface area contributed by atoms with Gasteiger partial charge in [-0.05, 0) is 60.9 Å². The predicted octanol–water partition coefficient (Wildman–Crippen LogP) is 4.56. The molecule has 1 atom stereocenters. The van der Waals surface area contributed by atoms with Gasteiger partial charge in [0.15, 0.2) is 5.78 Å². The second-order valence-corrected chi connectivity index (χ2v) is 7.60. The van der Waals surface area contributed by atoms with Gasteiger partial charge >= 0.3 is 6.18 Å². The fourth-order valence-corrected chi connectivity index (χ4v) is 3.70. The van der Waals surface area contributed by atoms with Crippen molar-refractivity contribution in [1.29, 1.82) is 0 Å². The van der Waals surface area contributed by atoms with Gasteiger partial charge in [-0.2, -0.15) is 13.2 Å². The van der Waals surface area contributed by atoms with Crippen LogP contribution >= 0.6 is 11.6 Å². The van der Waals surface area contributed by atoms with E-state index in [2.05, 4.69) is 0 Å². The van der Waals surface area contributed by atoms with Crippen LogP contribution in [0, 0.1) is 5.82 Å². The van der Waals surface area contributed by atoms with Crippen molar-refractivity contribution >= 4 is 29.0 Å². The van der Waals surface area contributed by atoms with Crippen LogP contribution in [0.1, 0.15) is 30.4 Å². The van der Waals surface area contributed by atoms with E-state index in [4.69, 9.17) is 11.6 Å². The number of nitrogens with zero attached hydrogens (tertiary/aromatic N) is 1. The van der Waals surface area contributed by atoms with Crippen molar-refractivity contribution < 1.29 is 32.3 Å². The molecule has 1 amide bonds. The Morgan fingerprint density at radius 3 is 2.43 bits per heavy atom. The molecule has 0 saturated carbocycles. The number of carbonyl (C=O) groups excluding carboxylic acids is 2. The van der Waals surface area contributed by atoms with Gasteiger partial charge in [0, 0.05) is 30.1 Å².